The number of halogens is 4. The van der Waals surface area contributed by atoms with Crippen molar-refractivity contribution in [1.29, 1.82) is 0 Å². The fourth-order valence-electron chi connectivity index (χ4n) is 2.56. The summed E-state index contributed by atoms with van der Waals surface area (Å²) in [7, 11) is 0. The Kier molecular flexibility index (Phi) is 5.28. The zero-order valence-electron chi connectivity index (χ0n) is 13.9. The predicted molar refractivity (Wildman–Crippen MR) is 96.3 cm³/mol. The molecule has 6 heteroatoms. The first-order valence-electron chi connectivity index (χ1n) is 8.09. The van der Waals surface area contributed by atoms with Crippen LogP contribution in [0.4, 0.5) is 13.2 Å². The molecule has 0 aliphatic rings. The molecule has 0 bridgehead atoms. The summed E-state index contributed by atoms with van der Waals surface area (Å²) in [4.78, 5) is 0. The van der Waals surface area contributed by atoms with Crippen LogP contribution in [-0.4, -0.2) is 6.61 Å². The molecule has 136 valence electrons. The van der Waals surface area contributed by atoms with Crippen molar-refractivity contribution in [2.45, 2.75) is 19.5 Å². The Hall–Kier alpha value is -2.40. The van der Waals surface area contributed by atoms with Gasteiger partial charge in [0.15, 0.2) is 0 Å². The Morgan fingerprint density at radius 1 is 0.885 bits per heavy atom. The van der Waals surface area contributed by atoms with Gasteiger partial charge in [-0.2, -0.15) is 13.2 Å². The van der Waals surface area contributed by atoms with Gasteiger partial charge in [0.2, 0.25) is 0 Å². The lowest BCUT2D eigenvalue weighted by atomic mass is 10.1. The molecule has 3 aromatic rings. The molecule has 0 N–H and O–H groups in total. The highest BCUT2D eigenvalue weighted by Gasteiger charge is 2.31. The number of rotatable bonds is 5. The van der Waals surface area contributed by atoms with Crippen LogP contribution in [0.1, 0.15) is 18.9 Å². The van der Waals surface area contributed by atoms with E-state index in [0.717, 1.165) is 35.1 Å². The third-order valence-electron chi connectivity index (χ3n) is 3.78. The van der Waals surface area contributed by atoms with Crippen molar-refractivity contribution in [2.75, 3.05) is 6.61 Å². The highest BCUT2D eigenvalue weighted by atomic mass is 35.5. The molecule has 0 saturated heterocycles. The first-order valence-corrected chi connectivity index (χ1v) is 8.47. The number of alkyl halides is 3. The minimum Gasteiger partial charge on any atom is -0.493 e. The number of ether oxygens (including phenoxy) is 2. The highest BCUT2D eigenvalue weighted by molar-refractivity contribution is 6.32. The van der Waals surface area contributed by atoms with Gasteiger partial charge in [0.25, 0.3) is 0 Å². The fraction of sp³-hybridized carbons (Fsp3) is 0.200. The Morgan fingerprint density at radius 2 is 1.54 bits per heavy atom. The van der Waals surface area contributed by atoms with Crippen molar-refractivity contribution in [3.63, 3.8) is 0 Å². The topological polar surface area (TPSA) is 18.5 Å². The van der Waals surface area contributed by atoms with Crippen molar-refractivity contribution < 1.29 is 22.6 Å². The van der Waals surface area contributed by atoms with Crippen LogP contribution in [0.5, 0.6) is 17.2 Å². The summed E-state index contributed by atoms with van der Waals surface area (Å²) in [5, 5.41) is 1.55. The molecule has 0 aliphatic carbocycles. The quantitative estimate of drug-likeness (QED) is 0.470. The van der Waals surface area contributed by atoms with Crippen LogP contribution in [0.15, 0.2) is 54.6 Å². The molecule has 0 radical (unpaired) electrons. The standard InChI is InChI=1S/C20H16ClF3O2/c1-2-11-25-17-7-3-6-15-14(17)5-4-8-18(15)26-19-10-9-13(12-16(19)21)20(22,23)24/h3-10,12H,2,11H2,1H3. The van der Waals surface area contributed by atoms with Crippen molar-refractivity contribution in [2.24, 2.45) is 0 Å². The predicted octanol–water partition coefficient (Wildman–Crippen LogP) is 7.09. The number of hydrogen-bond acceptors (Lipinski definition) is 2. The maximum atomic E-state index is 12.8. The molecular formula is C20H16ClF3O2. The van der Waals surface area contributed by atoms with Gasteiger partial charge in [-0.05, 0) is 36.8 Å². The van der Waals surface area contributed by atoms with Gasteiger partial charge in [0, 0.05) is 10.8 Å². The Bertz CT molecular complexity index is 923. The van der Waals surface area contributed by atoms with Gasteiger partial charge >= 0.3 is 6.18 Å². The molecule has 0 saturated carbocycles. The largest absolute Gasteiger partial charge is 0.493 e. The molecule has 3 aromatic carbocycles. The summed E-state index contributed by atoms with van der Waals surface area (Å²) in [6.07, 6.45) is -3.57. The van der Waals surface area contributed by atoms with Gasteiger partial charge in [0.05, 0.1) is 17.2 Å². The Morgan fingerprint density at radius 3 is 2.15 bits per heavy atom. The second-order valence-electron chi connectivity index (χ2n) is 5.70. The Labute approximate surface area is 154 Å². The van der Waals surface area contributed by atoms with Crippen LogP contribution in [0.2, 0.25) is 5.02 Å². The van der Waals surface area contributed by atoms with Crippen LogP contribution in [0.3, 0.4) is 0 Å². The molecule has 0 fully saturated rings. The van der Waals surface area contributed by atoms with Crippen LogP contribution in [-0.2, 0) is 6.18 Å². The molecule has 2 nitrogen and oxygen atoms in total. The summed E-state index contributed by atoms with van der Waals surface area (Å²) in [5.41, 5.74) is -0.817. The molecule has 0 aliphatic heterocycles. The van der Waals surface area contributed by atoms with Gasteiger partial charge in [-0.15, -0.1) is 0 Å². The van der Waals surface area contributed by atoms with Crippen LogP contribution < -0.4 is 9.47 Å². The zero-order chi connectivity index (χ0) is 18.7. The van der Waals surface area contributed by atoms with Crippen LogP contribution >= 0.6 is 11.6 Å². The summed E-state index contributed by atoms with van der Waals surface area (Å²) >= 11 is 5.99. The van der Waals surface area contributed by atoms with Gasteiger partial charge in [-0.1, -0.05) is 42.8 Å². The minimum absolute atomic E-state index is 0.102. The normalized spacial score (nSPS) is 11.6. The fourth-order valence-corrected chi connectivity index (χ4v) is 2.78. The monoisotopic (exact) mass is 380 g/mol. The minimum atomic E-state index is -4.45. The Balaban J connectivity index is 1.97. The van der Waals surface area contributed by atoms with Gasteiger partial charge in [-0.25, -0.2) is 0 Å². The van der Waals surface area contributed by atoms with Crippen LogP contribution in [0, 0.1) is 0 Å². The zero-order valence-corrected chi connectivity index (χ0v) is 14.7. The van der Waals surface area contributed by atoms with E-state index in [0.29, 0.717) is 12.4 Å². The third-order valence-corrected chi connectivity index (χ3v) is 4.08. The van der Waals surface area contributed by atoms with E-state index in [9.17, 15) is 13.2 Å². The summed E-state index contributed by atoms with van der Waals surface area (Å²) in [6, 6.07) is 14.0. The summed E-state index contributed by atoms with van der Waals surface area (Å²) in [6.45, 7) is 2.61. The summed E-state index contributed by atoms with van der Waals surface area (Å²) < 4.78 is 49.8. The first-order chi connectivity index (χ1) is 12.4. The number of fused-ring (bicyclic) bond motifs is 1. The maximum Gasteiger partial charge on any atom is 0.416 e. The van der Waals surface area contributed by atoms with E-state index in [1.54, 1.807) is 12.1 Å². The molecular weight excluding hydrogens is 365 g/mol. The average Bonchev–Trinajstić information content (AvgIpc) is 2.61. The van der Waals surface area contributed by atoms with Crippen molar-refractivity contribution in [3.8, 4) is 17.2 Å². The van der Waals surface area contributed by atoms with Crippen molar-refractivity contribution >= 4 is 22.4 Å². The van der Waals surface area contributed by atoms with E-state index in [-0.39, 0.29) is 10.8 Å². The van der Waals surface area contributed by atoms with Gasteiger partial charge in [0.1, 0.15) is 17.2 Å². The van der Waals surface area contributed by atoms with E-state index in [1.165, 1.54) is 6.07 Å². The maximum absolute atomic E-state index is 12.8. The highest BCUT2D eigenvalue weighted by Crippen LogP contribution is 2.39. The molecule has 0 spiro atoms. The molecule has 3 rings (SSSR count). The second kappa shape index (κ2) is 7.46. The lowest BCUT2D eigenvalue weighted by Gasteiger charge is -2.14. The molecule has 0 unspecified atom stereocenters. The van der Waals surface area contributed by atoms with E-state index in [4.69, 9.17) is 21.1 Å². The smallest absolute Gasteiger partial charge is 0.416 e. The van der Waals surface area contributed by atoms with Crippen molar-refractivity contribution in [1.82, 2.24) is 0 Å². The second-order valence-corrected chi connectivity index (χ2v) is 6.11. The van der Waals surface area contributed by atoms with Crippen molar-refractivity contribution in [3.05, 3.63) is 65.2 Å². The molecule has 0 aromatic heterocycles. The molecule has 0 amide bonds. The van der Waals surface area contributed by atoms with Gasteiger partial charge < -0.3 is 9.47 Å². The first kappa shape index (κ1) is 18.4. The van der Waals surface area contributed by atoms with E-state index in [2.05, 4.69) is 0 Å². The van der Waals surface area contributed by atoms with Crippen LogP contribution in [0.25, 0.3) is 10.8 Å². The summed E-state index contributed by atoms with van der Waals surface area (Å²) in [5.74, 6) is 1.38. The van der Waals surface area contributed by atoms with E-state index in [1.807, 2.05) is 31.2 Å². The lowest BCUT2D eigenvalue weighted by Crippen LogP contribution is -2.04. The average molecular weight is 381 g/mol. The molecule has 0 heterocycles. The van der Waals surface area contributed by atoms with E-state index < -0.39 is 11.7 Å². The third kappa shape index (κ3) is 3.88. The number of benzene rings is 3. The lowest BCUT2D eigenvalue weighted by molar-refractivity contribution is -0.137. The van der Waals surface area contributed by atoms with Gasteiger partial charge in [-0.3, -0.25) is 0 Å². The number of hydrogen-bond donors (Lipinski definition) is 0. The SMILES string of the molecule is CCCOc1cccc2c(Oc3ccc(C(F)(F)F)cc3Cl)cccc12. The van der Waals surface area contributed by atoms with E-state index >= 15 is 0 Å². The molecule has 26 heavy (non-hydrogen) atoms. The molecule has 0 atom stereocenters.